The molecule has 3 rings (SSSR count). The Kier molecular flexibility index (Phi) is 4.66. The molecule has 3 fully saturated rings. The van der Waals surface area contributed by atoms with Gasteiger partial charge >= 0.3 is 0 Å². The highest BCUT2D eigenvalue weighted by Crippen LogP contribution is 2.51. The first-order valence-corrected chi connectivity index (χ1v) is 9.47. The third-order valence-corrected chi connectivity index (χ3v) is 6.87. The molecule has 0 bridgehead atoms. The van der Waals surface area contributed by atoms with Crippen molar-refractivity contribution in [3.8, 4) is 0 Å². The lowest BCUT2D eigenvalue weighted by molar-refractivity contribution is -0.0607. The maximum atomic E-state index is 2.86. The van der Waals surface area contributed by atoms with E-state index < -0.39 is 0 Å². The summed E-state index contributed by atoms with van der Waals surface area (Å²) < 4.78 is 0. The Morgan fingerprint density at radius 1 is 0.952 bits per heavy atom. The van der Waals surface area contributed by atoms with Crippen LogP contribution >= 0.6 is 0 Å². The molecule has 2 saturated heterocycles. The van der Waals surface area contributed by atoms with E-state index in [4.69, 9.17) is 0 Å². The zero-order valence-electron chi connectivity index (χ0n) is 14.8. The van der Waals surface area contributed by atoms with E-state index in [-0.39, 0.29) is 0 Å². The second-order valence-corrected chi connectivity index (χ2v) is 8.83. The standard InChI is InChI=1S/C19H36N2/c1-15(2)17-6-5-9-21(14-17)18-12-19(13-18)7-10-20(11-8-19)16(3)4/h15-18H,5-14H2,1-4H3. The van der Waals surface area contributed by atoms with E-state index in [1.807, 2.05) is 0 Å². The van der Waals surface area contributed by atoms with Gasteiger partial charge in [0.1, 0.15) is 0 Å². The summed E-state index contributed by atoms with van der Waals surface area (Å²) in [4.78, 5) is 5.53. The first kappa shape index (κ1) is 15.8. The van der Waals surface area contributed by atoms with E-state index in [1.165, 1.54) is 64.7 Å². The molecule has 1 atom stereocenters. The highest BCUT2D eigenvalue weighted by molar-refractivity contribution is 5.02. The third kappa shape index (κ3) is 3.32. The van der Waals surface area contributed by atoms with Gasteiger partial charge in [0.15, 0.2) is 0 Å². The van der Waals surface area contributed by atoms with Crippen LogP contribution in [0.1, 0.15) is 66.2 Å². The van der Waals surface area contributed by atoms with Gasteiger partial charge in [0, 0.05) is 18.6 Å². The summed E-state index contributed by atoms with van der Waals surface area (Å²) in [6.45, 7) is 15.0. The summed E-state index contributed by atoms with van der Waals surface area (Å²) in [5.74, 6) is 1.83. The van der Waals surface area contributed by atoms with Crippen LogP contribution in [0.4, 0.5) is 0 Å². The molecule has 2 heterocycles. The molecule has 0 aromatic rings. The Hall–Kier alpha value is -0.0800. The van der Waals surface area contributed by atoms with Crippen LogP contribution < -0.4 is 0 Å². The van der Waals surface area contributed by atoms with Gasteiger partial charge in [-0.05, 0) is 89.3 Å². The molecule has 1 aliphatic carbocycles. The van der Waals surface area contributed by atoms with Crippen molar-refractivity contribution in [3.05, 3.63) is 0 Å². The summed E-state index contributed by atoms with van der Waals surface area (Å²) in [5.41, 5.74) is 0.737. The van der Waals surface area contributed by atoms with Crippen LogP contribution in [0.3, 0.4) is 0 Å². The molecule has 2 nitrogen and oxygen atoms in total. The maximum Gasteiger partial charge on any atom is 0.0106 e. The minimum absolute atomic E-state index is 0.737. The minimum atomic E-state index is 0.737. The smallest absolute Gasteiger partial charge is 0.0106 e. The summed E-state index contributed by atoms with van der Waals surface area (Å²) >= 11 is 0. The molecule has 2 aliphatic heterocycles. The minimum Gasteiger partial charge on any atom is -0.301 e. The fourth-order valence-electron chi connectivity index (χ4n) is 5.04. The van der Waals surface area contributed by atoms with Crippen LogP contribution in [0.15, 0.2) is 0 Å². The lowest BCUT2D eigenvalue weighted by Crippen LogP contribution is -2.57. The first-order valence-electron chi connectivity index (χ1n) is 9.47. The van der Waals surface area contributed by atoms with Crippen molar-refractivity contribution < 1.29 is 0 Å². The lowest BCUT2D eigenvalue weighted by atomic mass is 9.59. The zero-order valence-corrected chi connectivity index (χ0v) is 14.8. The van der Waals surface area contributed by atoms with Gasteiger partial charge in [0.2, 0.25) is 0 Å². The number of likely N-dealkylation sites (tertiary alicyclic amines) is 2. The molecule has 0 N–H and O–H groups in total. The van der Waals surface area contributed by atoms with Crippen molar-refractivity contribution in [1.82, 2.24) is 9.80 Å². The molecule has 0 aromatic heterocycles. The molecule has 3 aliphatic rings. The van der Waals surface area contributed by atoms with Crippen molar-refractivity contribution in [3.63, 3.8) is 0 Å². The molecule has 0 amide bonds. The molecule has 2 heteroatoms. The number of hydrogen-bond donors (Lipinski definition) is 0. The zero-order chi connectivity index (χ0) is 15.0. The Morgan fingerprint density at radius 2 is 1.62 bits per heavy atom. The molecule has 122 valence electrons. The number of nitrogens with zero attached hydrogens (tertiary/aromatic N) is 2. The van der Waals surface area contributed by atoms with Gasteiger partial charge in [-0.25, -0.2) is 0 Å². The molecule has 1 spiro atoms. The quantitative estimate of drug-likeness (QED) is 0.775. The monoisotopic (exact) mass is 292 g/mol. The van der Waals surface area contributed by atoms with Crippen molar-refractivity contribution in [2.24, 2.45) is 17.3 Å². The lowest BCUT2D eigenvalue weighted by Gasteiger charge is -2.57. The van der Waals surface area contributed by atoms with Crippen LogP contribution in [0.25, 0.3) is 0 Å². The fraction of sp³-hybridized carbons (Fsp3) is 1.00. The van der Waals surface area contributed by atoms with E-state index in [0.717, 1.165) is 29.3 Å². The average Bonchev–Trinajstić information content (AvgIpc) is 2.45. The fourth-order valence-corrected chi connectivity index (χ4v) is 5.04. The Balaban J connectivity index is 1.47. The van der Waals surface area contributed by atoms with E-state index in [1.54, 1.807) is 0 Å². The van der Waals surface area contributed by atoms with Crippen LogP contribution in [-0.4, -0.2) is 48.1 Å². The largest absolute Gasteiger partial charge is 0.301 e. The first-order chi connectivity index (χ1) is 9.99. The molecule has 21 heavy (non-hydrogen) atoms. The van der Waals surface area contributed by atoms with Crippen molar-refractivity contribution in [2.75, 3.05) is 26.2 Å². The van der Waals surface area contributed by atoms with Gasteiger partial charge in [0.05, 0.1) is 0 Å². The topological polar surface area (TPSA) is 6.48 Å². The normalized spacial score (nSPS) is 32.0. The highest BCUT2D eigenvalue weighted by Gasteiger charge is 2.48. The second kappa shape index (κ2) is 6.20. The second-order valence-electron chi connectivity index (χ2n) is 8.83. The van der Waals surface area contributed by atoms with E-state index in [9.17, 15) is 0 Å². The van der Waals surface area contributed by atoms with Gasteiger partial charge in [-0.1, -0.05) is 13.8 Å². The van der Waals surface area contributed by atoms with Crippen LogP contribution in [0.2, 0.25) is 0 Å². The number of piperidine rings is 2. The molecule has 1 saturated carbocycles. The van der Waals surface area contributed by atoms with Crippen molar-refractivity contribution in [1.29, 1.82) is 0 Å². The van der Waals surface area contributed by atoms with Crippen molar-refractivity contribution in [2.45, 2.75) is 78.3 Å². The Bertz CT molecular complexity index is 333. The van der Waals surface area contributed by atoms with Gasteiger partial charge in [-0.15, -0.1) is 0 Å². The average molecular weight is 293 g/mol. The summed E-state index contributed by atoms with van der Waals surface area (Å²) in [6.07, 6.45) is 8.84. The summed E-state index contributed by atoms with van der Waals surface area (Å²) in [5, 5.41) is 0. The van der Waals surface area contributed by atoms with Gasteiger partial charge in [-0.3, -0.25) is 0 Å². The molecule has 0 aromatic carbocycles. The van der Waals surface area contributed by atoms with Crippen molar-refractivity contribution >= 4 is 0 Å². The Labute approximate surface area is 132 Å². The van der Waals surface area contributed by atoms with Crippen LogP contribution in [0, 0.1) is 17.3 Å². The van der Waals surface area contributed by atoms with Gasteiger partial charge in [-0.2, -0.15) is 0 Å². The highest BCUT2D eigenvalue weighted by atomic mass is 15.2. The molecule has 1 unspecified atom stereocenters. The Morgan fingerprint density at radius 3 is 2.19 bits per heavy atom. The predicted molar refractivity (Wildman–Crippen MR) is 90.5 cm³/mol. The third-order valence-electron chi connectivity index (χ3n) is 6.87. The van der Waals surface area contributed by atoms with E-state index in [0.29, 0.717) is 0 Å². The van der Waals surface area contributed by atoms with Crippen LogP contribution in [0.5, 0.6) is 0 Å². The van der Waals surface area contributed by atoms with Gasteiger partial charge < -0.3 is 9.80 Å². The van der Waals surface area contributed by atoms with E-state index in [2.05, 4.69) is 37.5 Å². The summed E-state index contributed by atoms with van der Waals surface area (Å²) in [6, 6.07) is 1.67. The molecular weight excluding hydrogens is 256 g/mol. The predicted octanol–water partition coefficient (Wildman–Crippen LogP) is 4.01. The number of hydrogen-bond acceptors (Lipinski definition) is 2. The van der Waals surface area contributed by atoms with Crippen LogP contribution in [-0.2, 0) is 0 Å². The number of rotatable bonds is 3. The molecule has 0 radical (unpaired) electrons. The molecular formula is C19H36N2. The maximum absolute atomic E-state index is 2.86. The summed E-state index contributed by atoms with van der Waals surface area (Å²) in [7, 11) is 0. The SMILES string of the molecule is CC(C)C1CCCN(C2CC3(CCN(C(C)C)CC3)C2)C1. The van der Waals surface area contributed by atoms with Gasteiger partial charge in [0.25, 0.3) is 0 Å². The van der Waals surface area contributed by atoms with E-state index >= 15 is 0 Å².